The van der Waals surface area contributed by atoms with Crippen LogP contribution >= 0.6 is 0 Å². The van der Waals surface area contributed by atoms with Crippen LogP contribution in [0, 0.1) is 0 Å². The van der Waals surface area contributed by atoms with Gasteiger partial charge in [-0.2, -0.15) is 0 Å². The van der Waals surface area contributed by atoms with Gasteiger partial charge in [0.2, 0.25) is 0 Å². The smallest absolute Gasteiger partial charge is 0.0285 e. The Morgan fingerprint density at radius 2 is 1.19 bits per heavy atom. The first-order chi connectivity index (χ1) is 15.4. The van der Waals surface area contributed by atoms with E-state index >= 15 is 0 Å². The molecular weight excluding hydrogens is 372 g/mol. The summed E-state index contributed by atoms with van der Waals surface area (Å²) in [7, 11) is 0. The number of allylic oxidation sites excluding steroid dienone is 1. The third-order valence-electron chi connectivity index (χ3n) is 6.35. The van der Waals surface area contributed by atoms with Crippen LogP contribution in [0.2, 0.25) is 0 Å². The van der Waals surface area contributed by atoms with Crippen molar-refractivity contribution in [3.05, 3.63) is 138 Å². The lowest BCUT2D eigenvalue weighted by Crippen LogP contribution is -1.99. The fourth-order valence-electron chi connectivity index (χ4n) is 4.78. The van der Waals surface area contributed by atoms with Gasteiger partial charge >= 0.3 is 0 Å². The first kappa shape index (κ1) is 17.9. The summed E-state index contributed by atoms with van der Waals surface area (Å²) in [5.41, 5.74) is 9.17. The average Bonchev–Trinajstić information content (AvgIpc) is 3.29. The molecule has 5 aromatic rings. The topological polar surface area (TPSA) is 0 Å². The summed E-state index contributed by atoms with van der Waals surface area (Å²) < 4.78 is 0. The Hall–Kier alpha value is -3.90. The molecule has 0 fully saturated rings. The molecule has 0 amide bonds. The Labute approximate surface area is 183 Å². The summed E-state index contributed by atoms with van der Waals surface area (Å²) in [5, 5.41) is 2.59. The van der Waals surface area contributed by atoms with Crippen molar-refractivity contribution in [2.24, 2.45) is 0 Å². The zero-order chi connectivity index (χ0) is 20.6. The van der Waals surface area contributed by atoms with Gasteiger partial charge in [0.15, 0.2) is 0 Å². The van der Waals surface area contributed by atoms with E-state index in [9.17, 15) is 0 Å². The SMILES string of the molecule is C1=CC(c2ccc3ccccc3c2)c2c1cccc2-c1ccc(-c2ccccc2)cc1. The molecule has 146 valence electrons. The van der Waals surface area contributed by atoms with E-state index in [-0.39, 0.29) is 5.92 Å². The Bertz CT molecular complexity index is 1410. The number of hydrogen-bond donors (Lipinski definition) is 0. The van der Waals surface area contributed by atoms with Crippen molar-refractivity contribution in [1.29, 1.82) is 0 Å². The molecular formula is C31H22. The van der Waals surface area contributed by atoms with Crippen molar-refractivity contribution < 1.29 is 0 Å². The van der Waals surface area contributed by atoms with Crippen LogP contribution in [0.25, 0.3) is 39.1 Å². The van der Waals surface area contributed by atoms with Crippen molar-refractivity contribution in [3.63, 3.8) is 0 Å². The van der Waals surface area contributed by atoms with E-state index in [1.165, 1.54) is 49.7 Å². The maximum Gasteiger partial charge on any atom is 0.0285 e. The third kappa shape index (κ3) is 3.17. The van der Waals surface area contributed by atoms with E-state index in [1.807, 2.05) is 0 Å². The summed E-state index contributed by atoms with van der Waals surface area (Å²) in [6, 6.07) is 41.7. The van der Waals surface area contributed by atoms with Gasteiger partial charge in [-0.1, -0.05) is 127 Å². The standard InChI is InChI=1S/C31H22/c1-2-7-22(8-3-1)24-13-16-25(17-14-24)29-12-6-11-26-19-20-30(31(26)29)28-18-15-23-9-4-5-10-27(23)21-28/h1-21,30H. The van der Waals surface area contributed by atoms with E-state index in [0.717, 1.165) is 0 Å². The summed E-state index contributed by atoms with van der Waals surface area (Å²) in [6.45, 7) is 0. The normalized spacial score (nSPS) is 14.6. The lowest BCUT2D eigenvalue weighted by Gasteiger charge is -2.18. The monoisotopic (exact) mass is 394 g/mol. The molecule has 1 unspecified atom stereocenters. The maximum atomic E-state index is 2.34. The zero-order valence-electron chi connectivity index (χ0n) is 17.2. The van der Waals surface area contributed by atoms with Gasteiger partial charge in [0.1, 0.15) is 0 Å². The van der Waals surface area contributed by atoms with Crippen LogP contribution in [0.1, 0.15) is 22.6 Å². The molecule has 0 N–H and O–H groups in total. The van der Waals surface area contributed by atoms with Gasteiger partial charge in [0.25, 0.3) is 0 Å². The second-order valence-electron chi connectivity index (χ2n) is 8.20. The highest BCUT2D eigenvalue weighted by Crippen LogP contribution is 2.42. The molecule has 5 aromatic carbocycles. The molecule has 0 aromatic heterocycles. The highest BCUT2D eigenvalue weighted by molar-refractivity contribution is 5.85. The number of hydrogen-bond acceptors (Lipinski definition) is 0. The molecule has 0 nitrogen and oxygen atoms in total. The lowest BCUT2D eigenvalue weighted by atomic mass is 9.86. The second kappa shape index (κ2) is 7.41. The van der Waals surface area contributed by atoms with Crippen molar-refractivity contribution in [2.45, 2.75) is 5.92 Å². The van der Waals surface area contributed by atoms with Gasteiger partial charge in [-0.15, -0.1) is 0 Å². The highest BCUT2D eigenvalue weighted by atomic mass is 14.3. The van der Waals surface area contributed by atoms with Crippen LogP contribution in [-0.4, -0.2) is 0 Å². The molecule has 0 heterocycles. The molecule has 1 atom stereocenters. The van der Waals surface area contributed by atoms with Crippen LogP contribution in [0.3, 0.4) is 0 Å². The zero-order valence-corrected chi connectivity index (χ0v) is 17.2. The van der Waals surface area contributed by atoms with Crippen molar-refractivity contribution in [2.75, 3.05) is 0 Å². The summed E-state index contributed by atoms with van der Waals surface area (Å²) in [4.78, 5) is 0. The molecule has 6 rings (SSSR count). The van der Waals surface area contributed by atoms with Crippen molar-refractivity contribution >= 4 is 16.8 Å². The highest BCUT2D eigenvalue weighted by Gasteiger charge is 2.23. The third-order valence-corrected chi connectivity index (χ3v) is 6.35. The van der Waals surface area contributed by atoms with E-state index in [0.29, 0.717) is 0 Å². The van der Waals surface area contributed by atoms with Gasteiger partial charge in [-0.3, -0.25) is 0 Å². The molecule has 0 bridgehead atoms. The van der Waals surface area contributed by atoms with Gasteiger partial charge in [-0.25, -0.2) is 0 Å². The Morgan fingerprint density at radius 1 is 0.484 bits per heavy atom. The molecule has 31 heavy (non-hydrogen) atoms. The second-order valence-corrected chi connectivity index (χ2v) is 8.20. The predicted octanol–water partition coefficient (Wildman–Crippen LogP) is 8.33. The fourth-order valence-corrected chi connectivity index (χ4v) is 4.78. The lowest BCUT2D eigenvalue weighted by molar-refractivity contribution is 1.06. The number of rotatable bonds is 3. The number of benzene rings is 5. The van der Waals surface area contributed by atoms with E-state index in [1.54, 1.807) is 0 Å². The molecule has 0 heteroatoms. The van der Waals surface area contributed by atoms with Crippen molar-refractivity contribution in [1.82, 2.24) is 0 Å². The van der Waals surface area contributed by atoms with E-state index in [4.69, 9.17) is 0 Å². The summed E-state index contributed by atoms with van der Waals surface area (Å²) >= 11 is 0. The molecule has 1 aliphatic rings. The minimum atomic E-state index is 0.282. The molecule has 0 spiro atoms. The first-order valence-electron chi connectivity index (χ1n) is 10.8. The molecule has 1 aliphatic carbocycles. The van der Waals surface area contributed by atoms with Gasteiger partial charge in [-0.05, 0) is 49.7 Å². The van der Waals surface area contributed by atoms with Gasteiger partial charge in [0.05, 0.1) is 0 Å². The quantitative estimate of drug-likeness (QED) is 0.288. The maximum absolute atomic E-state index is 2.34. The van der Waals surface area contributed by atoms with Crippen LogP contribution < -0.4 is 0 Å². The van der Waals surface area contributed by atoms with Crippen LogP contribution in [0.15, 0.2) is 121 Å². The largest absolute Gasteiger partial charge is 0.0720 e. The Morgan fingerprint density at radius 3 is 2.03 bits per heavy atom. The Balaban J connectivity index is 1.42. The van der Waals surface area contributed by atoms with Gasteiger partial charge < -0.3 is 0 Å². The fraction of sp³-hybridized carbons (Fsp3) is 0.0323. The average molecular weight is 395 g/mol. The first-order valence-corrected chi connectivity index (χ1v) is 10.8. The summed E-state index contributed by atoms with van der Waals surface area (Å²) in [6.07, 6.45) is 4.62. The molecule has 0 saturated heterocycles. The van der Waals surface area contributed by atoms with Gasteiger partial charge in [0, 0.05) is 5.92 Å². The van der Waals surface area contributed by atoms with Crippen LogP contribution in [0.4, 0.5) is 0 Å². The van der Waals surface area contributed by atoms with Crippen LogP contribution in [-0.2, 0) is 0 Å². The van der Waals surface area contributed by atoms with Crippen LogP contribution in [0.5, 0.6) is 0 Å². The molecule has 0 saturated carbocycles. The summed E-state index contributed by atoms with van der Waals surface area (Å²) in [5.74, 6) is 0.282. The molecule has 0 aliphatic heterocycles. The van der Waals surface area contributed by atoms with E-state index in [2.05, 4.69) is 127 Å². The minimum absolute atomic E-state index is 0.282. The molecule has 0 radical (unpaired) electrons. The van der Waals surface area contributed by atoms with E-state index < -0.39 is 0 Å². The van der Waals surface area contributed by atoms with Crippen molar-refractivity contribution in [3.8, 4) is 22.3 Å². The number of fused-ring (bicyclic) bond motifs is 2. The minimum Gasteiger partial charge on any atom is -0.0720 e. The Kier molecular flexibility index (Phi) is 4.28. The predicted molar refractivity (Wildman–Crippen MR) is 132 cm³/mol.